The molecular weight excluding hydrogens is 244 g/mol. The number of rotatable bonds is 4. The van der Waals surface area contributed by atoms with Gasteiger partial charge < -0.3 is 18.9 Å². The molecule has 0 aliphatic carbocycles. The molecule has 1 aromatic rings. The van der Waals surface area contributed by atoms with Crippen molar-refractivity contribution in [2.24, 2.45) is 0 Å². The first kappa shape index (κ1) is 12.5. The summed E-state index contributed by atoms with van der Waals surface area (Å²) in [4.78, 5) is 0. The molecular formula is C15H18O4. The third kappa shape index (κ3) is 2.74. The van der Waals surface area contributed by atoms with Crippen molar-refractivity contribution in [2.75, 3.05) is 13.4 Å². The van der Waals surface area contributed by atoms with E-state index in [0.717, 1.165) is 42.9 Å². The van der Waals surface area contributed by atoms with Gasteiger partial charge in [0.25, 0.3) is 0 Å². The Bertz CT molecular complexity index is 451. The van der Waals surface area contributed by atoms with Crippen molar-refractivity contribution in [1.82, 2.24) is 0 Å². The summed E-state index contributed by atoms with van der Waals surface area (Å²) in [6, 6.07) is 5.82. The molecule has 0 saturated carbocycles. The van der Waals surface area contributed by atoms with Gasteiger partial charge in [-0.15, -0.1) is 6.58 Å². The molecule has 3 rings (SSSR count). The molecule has 19 heavy (non-hydrogen) atoms. The van der Waals surface area contributed by atoms with Gasteiger partial charge >= 0.3 is 0 Å². The SMILES string of the molecule is C=CC(OC1CCCCO1)c1ccc2c(c1)OCO2. The highest BCUT2D eigenvalue weighted by Crippen LogP contribution is 2.35. The van der Waals surface area contributed by atoms with Crippen LogP contribution in [0.25, 0.3) is 0 Å². The van der Waals surface area contributed by atoms with E-state index in [1.54, 1.807) is 6.08 Å². The van der Waals surface area contributed by atoms with E-state index in [1.807, 2.05) is 18.2 Å². The normalized spacial score (nSPS) is 23.1. The molecule has 4 nitrogen and oxygen atoms in total. The molecule has 0 N–H and O–H groups in total. The van der Waals surface area contributed by atoms with Gasteiger partial charge in [0, 0.05) is 6.61 Å². The first-order valence-electron chi connectivity index (χ1n) is 6.66. The molecule has 1 aromatic carbocycles. The number of hydrogen-bond acceptors (Lipinski definition) is 4. The third-order valence-electron chi connectivity index (χ3n) is 3.38. The maximum atomic E-state index is 5.95. The average Bonchev–Trinajstić information content (AvgIpc) is 2.93. The van der Waals surface area contributed by atoms with Crippen LogP contribution in [0.5, 0.6) is 11.5 Å². The summed E-state index contributed by atoms with van der Waals surface area (Å²) in [5.74, 6) is 1.54. The highest BCUT2D eigenvalue weighted by Gasteiger charge is 2.21. The molecule has 1 fully saturated rings. The zero-order valence-electron chi connectivity index (χ0n) is 10.8. The molecule has 1 saturated heterocycles. The lowest BCUT2D eigenvalue weighted by molar-refractivity contribution is -0.179. The molecule has 102 valence electrons. The fraction of sp³-hybridized carbons (Fsp3) is 0.467. The van der Waals surface area contributed by atoms with Crippen molar-refractivity contribution < 1.29 is 18.9 Å². The van der Waals surface area contributed by atoms with E-state index in [9.17, 15) is 0 Å². The van der Waals surface area contributed by atoms with Gasteiger partial charge in [-0.05, 0) is 37.0 Å². The summed E-state index contributed by atoms with van der Waals surface area (Å²) in [5.41, 5.74) is 1.01. The van der Waals surface area contributed by atoms with E-state index >= 15 is 0 Å². The molecule has 0 spiro atoms. The lowest BCUT2D eigenvalue weighted by Crippen LogP contribution is -2.23. The Labute approximate surface area is 112 Å². The van der Waals surface area contributed by atoms with Crippen LogP contribution in [0.2, 0.25) is 0 Å². The first-order valence-corrected chi connectivity index (χ1v) is 6.66. The van der Waals surface area contributed by atoms with Crippen molar-refractivity contribution in [1.29, 1.82) is 0 Å². The summed E-state index contributed by atoms with van der Waals surface area (Å²) < 4.78 is 22.2. The van der Waals surface area contributed by atoms with Gasteiger partial charge in [0.1, 0.15) is 6.10 Å². The van der Waals surface area contributed by atoms with E-state index in [1.165, 1.54) is 0 Å². The van der Waals surface area contributed by atoms with Crippen LogP contribution in [-0.4, -0.2) is 19.7 Å². The van der Waals surface area contributed by atoms with E-state index in [0.29, 0.717) is 0 Å². The predicted octanol–water partition coefficient (Wildman–Crippen LogP) is 3.19. The molecule has 2 aliphatic heterocycles. The van der Waals surface area contributed by atoms with Crippen molar-refractivity contribution in [3.8, 4) is 11.5 Å². The summed E-state index contributed by atoms with van der Waals surface area (Å²) in [6.07, 6.45) is 4.67. The number of hydrogen-bond donors (Lipinski definition) is 0. The fourth-order valence-electron chi connectivity index (χ4n) is 2.34. The Morgan fingerprint density at radius 1 is 1.26 bits per heavy atom. The van der Waals surface area contributed by atoms with Gasteiger partial charge in [-0.1, -0.05) is 12.1 Å². The summed E-state index contributed by atoms with van der Waals surface area (Å²) in [7, 11) is 0. The van der Waals surface area contributed by atoms with Crippen molar-refractivity contribution in [3.63, 3.8) is 0 Å². The van der Waals surface area contributed by atoms with Crippen LogP contribution in [0.3, 0.4) is 0 Å². The Morgan fingerprint density at radius 2 is 2.16 bits per heavy atom. The third-order valence-corrected chi connectivity index (χ3v) is 3.38. The summed E-state index contributed by atoms with van der Waals surface area (Å²) in [6.45, 7) is 4.90. The van der Waals surface area contributed by atoms with Gasteiger partial charge in [-0.3, -0.25) is 0 Å². The maximum Gasteiger partial charge on any atom is 0.231 e. The lowest BCUT2D eigenvalue weighted by Gasteiger charge is -2.26. The van der Waals surface area contributed by atoms with Gasteiger partial charge in [0.05, 0.1) is 0 Å². The Hall–Kier alpha value is -1.52. The first-order chi connectivity index (χ1) is 9.36. The van der Waals surface area contributed by atoms with Gasteiger partial charge in [0.15, 0.2) is 17.8 Å². The standard InChI is InChI=1S/C15H18O4/c1-2-12(19-15-5-3-4-8-16-15)11-6-7-13-14(9-11)18-10-17-13/h2,6-7,9,12,15H,1,3-5,8,10H2. The van der Waals surface area contributed by atoms with Crippen molar-refractivity contribution in [3.05, 3.63) is 36.4 Å². The van der Waals surface area contributed by atoms with Crippen LogP contribution < -0.4 is 9.47 Å². The predicted molar refractivity (Wildman–Crippen MR) is 70.2 cm³/mol. The highest BCUT2D eigenvalue weighted by molar-refractivity contribution is 5.45. The molecule has 4 heteroatoms. The molecule has 0 radical (unpaired) electrons. The number of fused-ring (bicyclic) bond motifs is 1. The van der Waals surface area contributed by atoms with E-state index in [2.05, 4.69) is 6.58 Å². The van der Waals surface area contributed by atoms with Gasteiger partial charge in [-0.2, -0.15) is 0 Å². The molecule has 0 bridgehead atoms. The number of benzene rings is 1. The van der Waals surface area contributed by atoms with Gasteiger partial charge in [0.2, 0.25) is 6.79 Å². The second-order valence-corrected chi connectivity index (χ2v) is 4.70. The minimum absolute atomic E-state index is 0.137. The molecule has 0 aromatic heterocycles. The fourth-order valence-corrected chi connectivity index (χ4v) is 2.34. The minimum Gasteiger partial charge on any atom is -0.454 e. The highest BCUT2D eigenvalue weighted by atomic mass is 16.7. The minimum atomic E-state index is -0.183. The van der Waals surface area contributed by atoms with Crippen LogP contribution in [0, 0.1) is 0 Å². The van der Waals surface area contributed by atoms with E-state index in [-0.39, 0.29) is 19.2 Å². The zero-order valence-corrected chi connectivity index (χ0v) is 10.8. The van der Waals surface area contributed by atoms with Crippen LogP contribution in [0.1, 0.15) is 30.9 Å². The quantitative estimate of drug-likeness (QED) is 0.781. The van der Waals surface area contributed by atoms with Crippen molar-refractivity contribution >= 4 is 0 Å². The monoisotopic (exact) mass is 262 g/mol. The molecule has 2 heterocycles. The van der Waals surface area contributed by atoms with Crippen molar-refractivity contribution in [2.45, 2.75) is 31.7 Å². The average molecular weight is 262 g/mol. The Morgan fingerprint density at radius 3 is 2.95 bits per heavy atom. The number of ether oxygens (including phenoxy) is 4. The Balaban J connectivity index is 1.72. The van der Waals surface area contributed by atoms with Gasteiger partial charge in [-0.25, -0.2) is 0 Å². The topological polar surface area (TPSA) is 36.9 Å². The van der Waals surface area contributed by atoms with E-state index < -0.39 is 0 Å². The summed E-state index contributed by atoms with van der Waals surface area (Å²) >= 11 is 0. The van der Waals surface area contributed by atoms with E-state index in [4.69, 9.17) is 18.9 Å². The second kappa shape index (κ2) is 5.63. The molecule has 2 unspecified atom stereocenters. The van der Waals surface area contributed by atoms with Crippen LogP contribution >= 0.6 is 0 Å². The maximum absolute atomic E-state index is 5.95. The Kier molecular flexibility index (Phi) is 3.71. The summed E-state index contributed by atoms with van der Waals surface area (Å²) in [5, 5.41) is 0. The lowest BCUT2D eigenvalue weighted by atomic mass is 10.1. The second-order valence-electron chi connectivity index (χ2n) is 4.70. The smallest absolute Gasteiger partial charge is 0.231 e. The molecule has 0 amide bonds. The zero-order chi connectivity index (χ0) is 13.1. The molecule has 2 aliphatic rings. The van der Waals surface area contributed by atoms with Crippen LogP contribution in [0.15, 0.2) is 30.9 Å². The largest absolute Gasteiger partial charge is 0.454 e. The van der Waals surface area contributed by atoms with Crippen LogP contribution in [-0.2, 0) is 9.47 Å². The molecule has 2 atom stereocenters. The van der Waals surface area contributed by atoms with Crippen LogP contribution in [0.4, 0.5) is 0 Å².